The van der Waals surface area contributed by atoms with Crippen molar-refractivity contribution in [1.29, 1.82) is 0 Å². The van der Waals surface area contributed by atoms with Crippen LogP contribution >= 0.6 is 27.5 Å². The third kappa shape index (κ3) is 3.86. The zero-order valence-electron chi connectivity index (χ0n) is 8.41. The van der Waals surface area contributed by atoms with Crippen LogP contribution in [0.1, 0.15) is 18.5 Å². The van der Waals surface area contributed by atoms with Crippen molar-refractivity contribution in [3.05, 3.63) is 39.8 Å². The van der Waals surface area contributed by atoms with E-state index in [0.717, 1.165) is 15.8 Å². The quantitative estimate of drug-likeness (QED) is 0.919. The molecule has 1 rings (SSSR count). The molecule has 1 aromatic carbocycles. The van der Waals surface area contributed by atoms with Gasteiger partial charge in [-0.3, -0.25) is 0 Å². The molecule has 1 unspecified atom stereocenters. The molecule has 2 N–H and O–H groups in total. The molecule has 1 atom stereocenters. The Kier molecular flexibility index (Phi) is 5.15. The lowest BCUT2D eigenvalue weighted by Crippen LogP contribution is -2.08. The molecule has 0 aliphatic carbocycles. The molecule has 0 aliphatic heterocycles. The number of halogens is 2. The molecule has 0 amide bonds. The normalized spacial score (nSPS) is 13.1. The lowest BCUT2D eigenvalue weighted by atomic mass is 10.1. The third-order valence-corrected chi connectivity index (χ3v) is 2.56. The van der Waals surface area contributed by atoms with Gasteiger partial charge in [0.05, 0.1) is 0 Å². The minimum Gasteiger partial charge on any atom is -0.489 e. The SMILES string of the molecule is CC(N)c1cc(Br)ccc1OCC=CCl. The van der Waals surface area contributed by atoms with Crippen molar-refractivity contribution in [2.75, 3.05) is 6.61 Å². The number of ether oxygens (including phenoxy) is 1. The van der Waals surface area contributed by atoms with Crippen LogP contribution in [-0.2, 0) is 0 Å². The smallest absolute Gasteiger partial charge is 0.124 e. The Labute approximate surface area is 103 Å². The van der Waals surface area contributed by atoms with Crippen LogP contribution in [-0.4, -0.2) is 6.61 Å². The van der Waals surface area contributed by atoms with E-state index in [-0.39, 0.29) is 6.04 Å². The van der Waals surface area contributed by atoms with Crippen molar-refractivity contribution >= 4 is 27.5 Å². The summed E-state index contributed by atoms with van der Waals surface area (Å²) in [6.07, 6.45) is 1.73. The molecular formula is C11H13BrClNO. The molecule has 0 aliphatic rings. The first kappa shape index (κ1) is 12.6. The highest BCUT2D eigenvalue weighted by Crippen LogP contribution is 2.27. The average molecular weight is 291 g/mol. The highest BCUT2D eigenvalue weighted by atomic mass is 79.9. The van der Waals surface area contributed by atoms with E-state index in [2.05, 4.69) is 15.9 Å². The van der Waals surface area contributed by atoms with Gasteiger partial charge in [0, 0.05) is 21.6 Å². The highest BCUT2D eigenvalue weighted by Gasteiger charge is 2.08. The summed E-state index contributed by atoms with van der Waals surface area (Å²) in [4.78, 5) is 0. The molecule has 0 saturated heterocycles. The second-order valence-corrected chi connectivity index (χ2v) is 4.31. The zero-order chi connectivity index (χ0) is 11.3. The van der Waals surface area contributed by atoms with Gasteiger partial charge in [0.1, 0.15) is 12.4 Å². The number of nitrogens with two attached hydrogens (primary N) is 1. The Morgan fingerprint density at radius 2 is 2.33 bits per heavy atom. The molecule has 0 radical (unpaired) electrons. The predicted molar refractivity (Wildman–Crippen MR) is 67.2 cm³/mol. The van der Waals surface area contributed by atoms with Crippen molar-refractivity contribution in [2.45, 2.75) is 13.0 Å². The summed E-state index contributed by atoms with van der Waals surface area (Å²) >= 11 is 8.80. The van der Waals surface area contributed by atoms with E-state index in [0.29, 0.717) is 6.61 Å². The third-order valence-electron chi connectivity index (χ3n) is 1.89. The van der Waals surface area contributed by atoms with Gasteiger partial charge in [-0.2, -0.15) is 0 Å². The van der Waals surface area contributed by atoms with Gasteiger partial charge in [-0.15, -0.1) is 0 Å². The summed E-state index contributed by atoms with van der Waals surface area (Å²) in [6.45, 7) is 2.37. The molecule has 0 aromatic heterocycles. The molecule has 1 aromatic rings. The average Bonchev–Trinajstić information content (AvgIpc) is 2.20. The van der Waals surface area contributed by atoms with E-state index in [1.807, 2.05) is 25.1 Å². The standard InChI is InChI=1S/C11H13BrClNO/c1-8(14)10-7-9(12)3-4-11(10)15-6-2-5-13/h2-5,7-8H,6,14H2,1H3. The van der Waals surface area contributed by atoms with Crippen LogP contribution in [0, 0.1) is 0 Å². The molecule has 0 saturated carbocycles. The van der Waals surface area contributed by atoms with Gasteiger partial charge in [0.15, 0.2) is 0 Å². The van der Waals surface area contributed by atoms with Crippen molar-refractivity contribution in [2.24, 2.45) is 5.73 Å². The second kappa shape index (κ2) is 6.16. The van der Waals surface area contributed by atoms with Gasteiger partial charge in [-0.1, -0.05) is 27.5 Å². The summed E-state index contributed by atoms with van der Waals surface area (Å²) in [6, 6.07) is 5.72. The molecule has 0 fully saturated rings. The van der Waals surface area contributed by atoms with Crippen LogP contribution in [0.2, 0.25) is 0 Å². The van der Waals surface area contributed by atoms with Crippen LogP contribution in [0.15, 0.2) is 34.3 Å². The zero-order valence-corrected chi connectivity index (χ0v) is 10.8. The first-order valence-corrected chi connectivity index (χ1v) is 5.81. The Bertz CT molecular complexity index is 352. The van der Waals surface area contributed by atoms with Crippen LogP contribution in [0.3, 0.4) is 0 Å². The van der Waals surface area contributed by atoms with Gasteiger partial charge in [0.25, 0.3) is 0 Å². The van der Waals surface area contributed by atoms with Gasteiger partial charge in [-0.05, 0) is 31.2 Å². The monoisotopic (exact) mass is 289 g/mol. The number of benzene rings is 1. The highest BCUT2D eigenvalue weighted by molar-refractivity contribution is 9.10. The molecule has 0 heterocycles. The van der Waals surface area contributed by atoms with E-state index in [4.69, 9.17) is 22.1 Å². The van der Waals surface area contributed by atoms with E-state index >= 15 is 0 Å². The maximum Gasteiger partial charge on any atom is 0.124 e. The van der Waals surface area contributed by atoms with Crippen molar-refractivity contribution in [3.63, 3.8) is 0 Å². The first-order valence-electron chi connectivity index (χ1n) is 4.58. The summed E-state index contributed by atoms with van der Waals surface area (Å²) in [5, 5.41) is 0. The van der Waals surface area contributed by atoms with Crippen molar-refractivity contribution in [3.8, 4) is 5.75 Å². The Hall–Kier alpha value is -0.510. The van der Waals surface area contributed by atoms with Gasteiger partial charge < -0.3 is 10.5 Å². The van der Waals surface area contributed by atoms with E-state index < -0.39 is 0 Å². The van der Waals surface area contributed by atoms with E-state index in [9.17, 15) is 0 Å². The Morgan fingerprint density at radius 3 is 2.93 bits per heavy atom. The summed E-state index contributed by atoms with van der Waals surface area (Å²) in [5.74, 6) is 0.794. The number of hydrogen-bond acceptors (Lipinski definition) is 2. The minimum absolute atomic E-state index is 0.0579. The van der Waals surface area contributed by atoms with Crippen LogP contribution < -0.4 is 10.5 Å². The summed E-state index contributed by atoms with van der Waals surface area (Å²) in [5.41, 5.74) is 8.26. The molecule has 15 heavy (non-hydrogen) atoms. The molecular weight excluding hydrogens is 277 g/mol. The maximum absolute atomic E-state index is 5.84. The fourth-order valence-corrected chi connectivity index (χ4v) is 1.63. The predicted octanol–water partition coefficient (Wildman–Crippen LogP) is 3.60. The fourth-order valence-electron chi connectivity index (χ4n) is 1.18. The molecule has 4 heteroatoms. The van der Waals surface area contributed by atoms with Gasteiger partial charge >= 0.3 is 0 Å². The van der Waals surface area contributed by atoms with Crippen molar-refractivity contribution < 1.29 is 4.74 Å². The minimum atomic E-state index is -0.0579. The lowest BCUT2D eigenvalue weighted by molar-refractivity contribution is 0.357. The molecule has 2 nitrogen and oxygen atoms in total. The molecule has 0 spiro atoms. The Morgan fingerprint density at radius 1 is 1.60 bits per heavy atom. The number of rotatable bonds is 4. The summed E-state index contributed by atoms with van der Waals surface area (Å²) < 4.78 is 6.52. The first-order chi connectivity index (χ1) is 7.15. The van der Waals surface area contributed by atoms with E-state index in [1.54, 1.807) is 6.08 Å². The lowest BCUT2D eigenvalue weighted by Gasteiger charge is -2.13. The number of hydrogen-bond donors (Lipinski definition) is 1. The molecule has 82 valence electrons. The van der Waals surface area contributed by atoms with Crippen molar-refractivity contribution in [1.82, 2.24) is 0 Å². The second-order valence-electron chi connectivity index (χ2n) is 3.14. The Balaban J connectivity index is 2.85. The topological polar surface area (TPSA) is 35.2 Å². The van der Waals surface area contributed by atoms with Crippen LogP contribution in [0.25, 0.3) is 0 Å². The van der Waals surface area contributed by atoms with Gasteiger partial charge in [-0.25, -0.2) is 0 Å². The fraction of sp³-hybridized carbons (Fsp3) is 0.273. The van der Waals surface area contributed by atoms with E-state index in [1.165, 1.54) is 5.54 Å². The maximum atomic E-state index is 5.84. The largest absolute Gasteiger partial charge is 0.489 e. The van der Waals surface area contributed by atoms with Gasteiger partial charge in [0.2, 0.25) is 0 Å². The summed E-state index contributed by atoms with van der Waals surface area (Å²) in [7, 11) is 0. The molecule has 0 bridgehead atoms. The van der Waals surface area contributed by atoms with Crippen LogP contribution in [0.4, 0.5) is 0 Å². The van der Waals surface area contributed by atoms with Crippen LogP contribution in [0.5, 0.6) is 5.75 Å².